The van der Waals surface area contributed by atoms with Crippen LogP contribution in [-0.2, 0) is 10.2 Å². The minimum atomic E-state index is -0.806. The van der Waals surface area contributed by atoms with E-state index in [1.807, 2.05) is 12.1 Å². The van der Waals surface area contributed by atoms with Crippen LogP contribution in [-0.4, -0.2) is 35.8 Å². The van der Waals surface area contributed by atoms with Crippen LogP contribution in [0.25, 0.3) is 11.1 Å². The van der Waals surface area contributed by atoms with E-state index in [0.29, 0.717) is 37.4 Å². The highest BCUT2D eigenvalue weighted by Crippen LogP contribution is 2.37. The lowest BCUT2D eigenvalue weighted by Crippen LogP contribution is -2.55. The van der Waals surface area contributed by atoms with Gasteiger partial charge in [-0.25, -0.2) is 8.78 Å². The molecular formula is C33H36F2N2O2. The van der Waals surface area contributed by atoms with Crippen molar-refractivity contribution in [1.82, 2.24) is 10.2 Å². The molecule has 2 aliphatic rings. The summed E-state index contributed by atoms with van der Waals surface area (Å²) >= 11 is 0. The number of nitrogens with one attached hydrogen (secondary N) is 1. The van der Waals surface area contributed by atoms with Crippen LogP contribution in [0.15, 0.2) is 72.8 Å². The molecule has 204 valence electrons. The van der Waals surface area contributed by atoms with Crippen LogP contribution >= 0.6 is 0 Å². The van der Waals surface area contributed by atoms with Crippen LogP contribution in [0.2, 0.25) is 0 Å². The first-order valence-electron chi connectivity index (χ1n) is 14.1. The maximum Gasteiger partial charge on any atom is 0.253 e. The fourth-order valence-corrected chi connectivity index (χ4v) is 6.23. The summed E-state index contributed by atoms with van der Waals surface area (Å²) in [7, 11) is 0. The predicted molar refractivity (Wildman–Crippen MR) is 149 cm³/mol. The number of hydrogen-bond acceptors (Lipinski definition) is 2. The van der Waals surface area contributed by atoms with Crippen LogP contribution in [0.3, 0.4) is 0 Å². The molecule has 3 aromatic rings. The maximum absolute atomic E-state index is 13.9. The van der Waals surface area contributed by atoms with Crippen LogP contribution in [0.4, 0.5) is 8.78 Å². The Kier molecular flexibility index (Phi) is 8.10. The molecule has 1 aliphatic carbocycles. The molecule has 39 heavy (non-hydrogen) atoms. The van der Waals surface area contributed by atoms with Gasteiger partial charge in [0.25, 0.3) is 5.91 Å². The first-order chi connectivity index (χ1) is 18.9. The van der Waals surface area contributed by atoms with Crippen molar-refractivity contribution in [2.24, 2.45) is 5.92 Å². The third-order valence-corrected chi connectivity index (χ3v) is 8.76. The standard InChI is InChI=1S/C33H36F2N2O2/c1-23(24-5-3-2-4-6-24)36-32(39)33(28-13-17-30(35)18-14-28)19-21-37(22-20-33)31(38)27-9-7-25(8-10-27)26-11-15-29(34)16-12-26/h7-18,23-24H,2-6,19-22H2,1H3,(H,36,39)/t23-/m0/s1. The highest BCUT2D eigenvalue weighted by molar-refractivity contribution is 5.95. The zero-order valence-electron chi connectivity index (χ0n) is 22.5. The Hall–Kier alpha value is -3.54. The summed E-state index contributed by atoms with van der Waals surface area (Å²) in [6.45, 7) is 2.96. The molecule has 1 saturated carbocycles. The molecular weight excluding hydrogens is 494 g/mol. The van der Waals surface area contributed by atoms with E-state index in [1.54, 1.807) is 41.3 Å². The highest BCUT2D eigenvalue weighted by Gasteiger charge is 2.44. The van der Waals surface area contributed by atoms with Gasteiger partial charge in [-0.15, -0.1) is 0 Å². The Morgan fingerprint density at radius 3 is 1.87 bits per heavy atom. The van der Waals surface area contributed by atoms with Gasteiger partial charge in [-0.3, -0.25) is 9.59 Å². The fourth-order valence-electron chi connectivity index (χ4n) is 6.23. The second-order valence-electron chi connectivity index (χ2n) is 11.1. The first kappa shape index (κ1) is 27.0. The average molecular weight is 531 g/mol. The molecule has 0 unspecified atom stereocenters. The number of amides is 2. The zero-order valence-corrected chi connectivity index (χ0v) is 22.5. The lowest BCUT2D eigenvalue weighted by Gasteiger charge is -2.42. The predicted octanol–water partition coefficient (Wildman–Crippen LogP) is 6.89. The van der Waals surface area contributed by atoms with E-state index in [4.69, 9.17) is 0 Å². The Morgan fingerprint density at radius 2 is 1.31 bits per heavy atom. The van der Waals surface area contributed by atoms with Crippen molar-refractivity contribution >= 4 is 11.8 Å². The molecule has 0 bridgehead atoms. The van der Waals surface area contributed by atoms with Gasteiger partial charge < -0.3 is 10.2 Å². The number of piperidine rings is 1. The number of rotatable bonds is 6. The molecule has 0 spiro atoms. The Bertz CT molecular complexity index is 1270. The number of carbonyl (C=O) groups excluding carboxylic acids is 2. The van der Waals surface area contributed by atoms with Crippen molar-refractivity contribution in [2.75, 3.05) is 13.1 Å². The van der Waals surface area contributed by atoms with Gasteiger partial charge in [-0.1, -0.05) is 55.7 Å². The van der Waals surface area contributed by atoms with E-state index < -0.39 is 5.41 Å². The molecule has 3 aromatic carbocycles. The number of hydrogen-bond donors (Lipinski definition) is 1. The van der Waals surface area contributed by atoms with Gasteiger partial charge in [-0.2, -0.15) is 0 Å². The second-order valence-corrected chi connectivity index (χ2v) is 11.1. The minimum absolute atomic E-state index is 0.0251. The van der Waals surface area contributed by atoms with Crippen LogP contribution in [0.1, 0.15) is 67.8 Å². The average Bonchev–Trinajstić information content (AvgIpc) is 2.98. The topological polar surface area (TPSA) is 49.4 Å². The van der Waals surface area contributed by atoms with Crippen molar-refractivity contribution in [2.45, 2.75) is 63.3 Å². The molecule has 2 amide bonds. The van der Waals surface area contributed by atoms with E-state index in [2.05, 4.69) is 12.2 Å². The van der Waals surface area contributed by atoms with Crippen molar-refractivity contribution in [3.8, 4) is 11.1 Å². The molecule has 0 aromatic heterocycles. The van der Waals surface area contributed by atoms with Crippen molar-refractivity contribution in [1.29, 1.82) is 0 Å². The molecule has 6 heteroatoms. The lowest BCUT2D eigenvalue weighted by molar-refractivity contribution is -0.129. The van der Waals surface area contributed by atoms with Gasteiger partial charge in [0.2, 0.25) is 5.91 Å². The van der Waals surface area contributed by atoms with Crippen LogP contribution in [0.5, 0.6) is 0 Å². The summed E-state index contributed by atoms with van der Waals surface area (Å²) in [5.41, 5.74) is 2.36. The maximum atomic E-state index is 13.9. The van der Waals surface area contributed by atoms with Crippen LogP contribution < -0.4 is 5.32 Å². The van der Waals surface area contributed by atoms with E-state index in [-0.39, 0.29) is 29.5 Å². The van der Waals surface area contributed by atoms with Gasteiger partial charge in [0.15, 0.2) is 0 Å². The summed E-state index contributed by atoms with van der Waals surface area (Å²) in [4.78, 5) is 29.0. The number of halogens is 2. The monoisotopic (exact) mass is 530 g/mol. The summed E-state index contributed by atoms with van der Waals surface area (Å²) < 4.78 is 27.0. The summed E-state index contributed by atoms with van der Waals surface area (Å²) in [5.74, 6) is -0.245. The van der Waals surface area contributed by atoms with Gasteiger partial charge in [0, 0.05) is 24.7 Å². The smallest absolute Gasteiger partial charge is 0.253 e. The third-order valence-electron chi connectivity index (χ3n) is 8.76. The Labute approximate surface area is 229 Å². The zero-order chi connectivity index (χ0) is 27.4. The van der Waals surface area contributed by atoms with E-state index >= 15 is 0 Å². The Morgan fingerprint density at radius 1 is 0.795 bits per heavy atom. The molecule has 1 atom stereocenters. The SMILES string of the molecule is C[C@H](NC(=O)C1(c2ccc(F)cc2)CCN(C(=O)c2ccc(-c3ccc(F)cc3)cc2)CC1)C1CCCCC1. The van der Waals surface area contributed by atoms with E-state index in [1.165, 1.54) is 43.5 Å². The minimum Gasteiger partial charge on any atom is -0.353 e. The van der Waals surface area contributed by atoms with Gasteiger partial charge >= 0.3 is 0 Å². The number of nitrogens with zero attached hydrogens (tertiary/aromatic N) is 1. The van der Waals surface area contributed by atoms with Crippen molar-refractivity contribution in [3.63, 3.8) is 0 Å². The summed E-state index contributed by atoms with van der Waals surface area (Å²) in [6.07, 6.45) is 6.88. The quantitative estimate of drug-likeness (QED) is 0.377. The second kappa shape index (κ2) is 11.7. The van der Waals surface area contributed by atoms with Crippen molar-refractivity contribution in [3.05, 3.63) is 95.6 Å². The fraction of sp³-hybridized carbons (Fsp3) is 0.394. The van der Waals surface area contributed by atoms with Crippen molar-refractivity contribution < 1.29 is 18.4 Å². The molecule has 1 heterocycles. The lowest BCUT2D eigenvalue weighted by atomic mass is 9.71. The molecule has 1 N–H and O–H groups in total. The summed E-state index contributed by atoms with van der Waals surface area (Å²) in [5, 5.41) is 3.31. The molecule has 4 nitrogen and oxygen atoms in total. The van der Waals surface area contributed by atoms with Gasteiger partial charge in [-0.05, 0) is 91.6 Å². The molecule has 1 aliphatic heterocycles. The normalized spacial score (nSPS) is 18.4. The molecule has 0 radical (unpaired) electrons. The first-order valence-corrected chi connectivity index (χ1v) is 14.1. The van der Waals surface area contributed by atoms with E-state index in [9.17, 15) is 18.4 Å². The van der Waals surface area contributed by atoms with Gasteiger partial charge in [0.1, 0.15) is 11.6 Å². The summed E-state index contributed by atoms with van der Waals surface area (Å²) in [6, 6.07) is 19.9. The third kappa shape index (κ3) is 5.90. The highest BCUT2D eigenvalue weighted by atomic mass is 19.1. The Balaban J connectivity index is 1.30. The largest absolute Gasteiger partial charge is 0.353 e. The van der Waals surface area contributed by atoms with Crippen LogP contribution in [0, 0.1) is 17.6 Å². The van der Waals surface area contributed by atoms with E-state index in [0.717, 1.165) is 29.5 Å². The molecule has 1 saturated heterocycles. The molecule has 5 rings (SSSR count). The number of carbonyl (C=O) groups is 2. The molecule has 2 fully saturated rings. The number of benzene rings is 3. The van der Waals surface area contributed by atoms with Gasteiger partial charge in [0.05, 0.1) is 5.41 Å². The number of likely N-dealkylation sites (tertiary alicyclic amines) is 1.